The highest BCUT2D eigenvalue weighted by molar-refractivity contribution is 5.78. The molecule has 5 heteroatoms. The number of aryl methyl sites for hydroxylation is 2. The maximum absolute atomic E-state index is 11.6. The highest BCUT2D eigenvalue weighted by Crippen LogP contribution is 2.19. The number of carbonyl (C=O) groups is 1. The summed E-state index contributed by atoms with van der Waals surface area (Å²) in [4.78, 5) is 13.4. The van der Waals surface area contributed by atoms with E-state index >= 15 is 0 Å². The Bertz CT molecular complexity index is 489. The number of carbonyl (C=O) groups excluding carboxylic acids is 1. The summed E-state index contributed by atoms with van der Waals surface area (Å²) in [6.45, 7) is 8.68. The van der Waals surface area contributed by atoms with E-state index in [1.54, 1.807) is 11.9 Å². The van der Waals surface area contributed by atoms with Crippen molar-refractivity contribution in [2.24, 2.45) is 0 Å². The largest absolute Gasteiger partial charge is 0.491 e. The molecule has 1 atom stereocenters. The van der Waals surface area contributed by atoms with Crippen LogP contribution < -0.4 is 10.1 Å². The molecule has 0 aliphatic heterocycles. The van der Waals surface area contributed by atoms with Crippen molar-refractivity contribution in [3.63, 3.8) is 0 Å². The van der Waals surface area contributed by atoms with Crippen LogP contribution in [0.5, 0.6) is 5.75 Å². The Balaban J connectivity index is 2.38. The second kappa shape index (κ2) is 8.76. The molecule has 1 amide bonds. The second-order valence-corrected chi connectivity index (χ2v) is 6.15. The summed E-state index contributed by atoms with van der Waals surface area (Å²) in [7, 11) is 1.81. The molecule has 5 nitrogen and oxygen atoms in total. The molecule has 0 radical (unpaired) electrons. The minimum Gasteiger partial charge on any atom is -0.491 e. The van der Waals surface area contributed by atoms with Crippen LogP contribution in [0.1, 0.15) is 25.0 Å². The van der Waals surface area contributed by atoms with E-state index in [9.17, 15) is 9.90 Å². The van der Waals surface area contributed by atoms with Crippen LogP contribution in [0.3, 0.4) is 0 Å². The Kier molecular flexibility index (Phi) is 7.35. The first kappa shape index (κ1) is 18.5. The van der Waals surface area contributed by atoms with Crippen molar-refractivity contribution in [3.8, 4) is 5.75 Å². The fourth-order valence-electron chi connectivity index (χ4n) is 2.14. The number of benzene rings is 1. The monoisotopic (exact) mass is 308 g/mol. The van der Waals surface area contributed by atoms with Gasteiger partial charge in [-0.1, -0.05) is 12.1 Å². The molecule has 2 N–H and O–H groups in total. The number of ether oxygens (including phenoxy) is 1. The number of aliphatic hydroxyl groups is 1. The average molecular weight is 308 g/mol. The van der Waals surface area contributed by atoms with Gasteiger partial charge in [-0.2, -0.15) is 0 Å². The zero-order valence-electron chi connectivity index (χ0n) is 14.2. The molecule has 0 aliphatic rings. The van der Waals surface area contributed by atoms with Gasteiger partial charge in [0.1, 0.15) is 18.5 Å². The van der Waals surface area contributed by atoms with E-state index in [1.807, 2.05) is 45.9 Å². The van der Waals surface area contributed by atoms with Gasteiger partial charge < -0.3 is 15.2 Å². The molecular weight excluding hydrogens is 280 g/mol. The predicted molar refractivity (Wildman–Crippen MR) is 88.2 cm³/mol. The van der Waals surface area contributed by atoms with Crippen LogP contribution in [0.25, 0.3) is 0 Å². The lowest BCUT2D eigenvalue weighted by Gasteiger charge is -2.21. The summed E-state index contributed by atoms with van der Waals surface area (Å²) in [5.41, 5.74) is 2.17. The molecule has 1 aromatic rings. The van der Waals surface area contributed by atoms with Gasteiger partial charge in [-0.3, -0.25) is 9.69 Å². The number of nitrogens with zero attached hydrogens (tertiary/aromatic N) is 1. The van der Waals surface area contributed by atoms with E-state index in [-0.39, 0.29) is 25.1 Å². The topological polar surface area (TPSA) is 61.8 Å². The van der Waals surface area contributed by atoms with Gasteiger partial charge in [-0.15, -0.1) is 0 Å². The molecule has 124 valence electrons. The Morgan fingerprint density at radius 1 is 1.36 bits per heavy atom. The quantitative estimate of drug-likeness (QED) is 0.764. The van der Waals surface area contributed by atoms with Gasteiger partial charge in [-0.05, 0) is 51.9 Å². The van der Waals surface area contributed by atoms with Gasteiger partial charge in [0.15, 0.2) is 0 Å². The summed E-state index contributed by atoms with van der Waals surface area (Å²) < 4.78 is 5.67. The van der Waals surface area contributed by atoms with E-state index in [0.29, 0.717) is 6.54 Å². The maximum Gasteiger partial charge on any atom is 0.234 e. The molecule has 1 rings (SSSR count). The van der Waals surface area contributed by atoms with E-state index in [0.717, 1.165) is 16.9 Å². The molecule has 1 aromatic carbocycles. The van der Waals surface area contributed by atoms with Crippen molar-refractivity contribution in [3.05, 3.63) is 29.3 Å². The van der Waals surface area contributed by atoms with Gasteiger partial charge in [0.2, 0.25) is 5.91 Å². The van der Waals surface area contributed by atoms with Crippen molar-refractivity contribution in [2.75, 3.05) is 26.7 Å². The number of hydrogen-bond donors (Lipinski definition) is 2. The summed E-state index contributed by atoms with van der Waals surface area (Å²) >= 11 is 0. The zero-order valence-corrected chi connectivity index (χ0v) is 14.2. The lowest BCUT2D eigenvalue weighted by Crippen LogP contribution is -2.42. The number of aliphatic hydroxyl groups excluding tert-OH is 1. The van der Waals surface area contributed by atoms with Crippen molar-refractivity contribution in [1.82, 2.24) is 10.2 Å². The fraction of sp³-hybridized carbons (Fsp3) is 0.588. The molecule has 0 aromatic heterocycles. The molecular formula is C17H28N2O3. The zero-order chi connectivity index (χ0) is 16.7. The van der Waals surface area contributed by atoms with E-state index < -0.39 is 6.10 Å². The lowest BCUT2D eigenvalue weighted by molar-refractivity contribution is -0.122. The molecule has 0 saturated carbocycles. The van der Waals surface area contributed by atoms with Crippen LogP contribution >= 0.6 is 0 Å². The van der Waals surface area contributed by atoms with Crippen molar-refractivity contribution >= 4 is 5.91 Å². The van der Waals surface area contributed by atoms with E-state index in [4.69, 9.17) is 4.74 Å². The van der Waals surface area contributed by atoms with E-state index in [1.165, 1.54) is 0 Å². The minimum absolute atomic E-state index is 0.0415. The number of hydrogen-bond acceptors (Lipinski definition) is 4. The maximum atomic E-state index is 11.6. The predicted octanol–water partition coefficient (Wildman–Crippen LogP) is 1.50. The van der Waals surface area contributed by atoms with Gasteiger partial charge in [-0.25, -0.2) is 0 Å². The van der Waals surface area contributed by atoms with E-state index in [2.05, 4.69) is 5.32 Å². The average Bonchev–Trinajstić information content (AvgIpc) is 2.38. The van der Waals surface area contributed by atoms with Gasteiger partial charge in [0.25, 0.3) is 0 Å². The highest BCUT2D eigenvalue weighted by atomic mass is 16.5. The molecule has 0 unspecified atom stereocenters. The Morgan fingerprint density at radius 3 is 2.68 bits per heavy atom. The van der Waals surface area contributed by atoms with Crippen LogP contribution in [-0.2, 0) is 4.79 Å². The normalized spacial score (nSPS) is 12.5. The third-order valence-corrected chi connectivity index (χ3v) is 3.16. The molecule has 22 heavy (non-hydrogen) atoms. The van der Waals surface area contributed by atoms with Gasteiger partial charge in [0, 0.05) is 12.6 Å². The van der Waals surface area contributed by atoms with Crippen LogP contribution in [-0.4, -0.2) is 54.8 Å². The Labute approximate surface area is 133 Å². The van der Waals surface area contributed by atoms with Crippen molar-refractivity contribution in [1.29, 1.82) is 0 Å². The van der Waals surface area contributed by atoms with Crippen LogP contribution in [0.2, 0.25) is 0 Å². The first-order chi connectivity index (χ1) is 10.3. The van der Waals surface area contributed by atoms with Gasteiger partial charge in [0.05, 0.1) is 6.54 Å². The number of likely N-dealkylation sites (N-methyl/N-ethyl adjacent to an activating group) is 1. The third kappa shape index (κ3) is 6.91. The Morgan fingerprint density at radius 2 is 2.05 bits per heavy atom. The number of amides is 1. The standard InChI is InChI=1S/C17H28N2O3/c1-12(2)18-17(21)10-19(5)9-15(20)11-22-16-8-13(3)6-7-14(16)4/h6-8,12,15,20H,9-11H2,1-5H3,(H,18,21)/t15-/m0/s1. The minimum atomic E-state index is -0.642. The first-order valence-electron chi connectivity index (χ1n) is 7.64. The molecule has 0 bridgehead atoms. The highest BCUT2D eigenvalue weighted by Gasteiger charge is 2.13. The smallest absolute Gasteiger partial charge is 0.234 e. The lowest BCUT2D eigenvalue weighted by atomic mass is 10.1. The SMILES string of the molecule is Cc1ccc(C)c(OC[C@@H](O)CN(C)CC(=O)NC(C)C)c1. The van der Waals surface area contributed by atoms with Gasteiger partial charge >= 0.3 is 0 Å². The first-order valence-corrected chi connectivity index (χ1v) is 7.64. The number of rotatable bonds is 8. The van der Waals surface area contributed by atoms with Crippen LogP contribution in [0.15, 0.2) is 18.2 Å². The molecule has 0 spiro atoms. The van der Waals surface area contributed by atoms with Crippen molar-refractivity contribution < 1.29 is 14.6 Å². The molecule has 0 saturated heterocycles. The third-order valence-electron chi connectivity index (χ3n) is 3.16. The van der Waals surface area contributed by atoms with Crippen molar-refractivity contribution in [2.45, 2.75) is 39.8 Å². The fourth-order valence-corrected chi connectivity index (χ4v) is 2.14. The summed E-state index contributed by atoms with van der Waals surface area (Å²) in [5, 5.41) is 12.9. The summed E-state index contributed by atoms with van der Waals surface area (Å²) in [5.74, 6) is 0.749. The van der Waals surface area contributed by atoms with Crippen LogP contribution in [0.4, 0.5) is 0 Å². The Hall–Kier alpha value is -1.59. The second-order valence-electron chi connectivity index (χ2n) is 6.15. The summed E-state index contributed by atoms with van der Waals surface area (Å²) in [6, 6.07) is 6.11. The molecule has 0 aliphatic carbocycles. The molecule has 0 heterocycles. The summed E-state index contributed by atoms with van der Waals surface area (Å²) in [6.07, 6.45) is -0.642. The molecule has 0 fully saturated rings. The number of nitrogens with one attached hydrogen (secondary N) is 1. The van der Waals surface area contributed by atoms with Crippen LogP contribution in [0, 0.1) is 13.8 Å².